The van der Waals surface area contributed by atoms with E-state index in [1.165, 1.54) is 11.1 Å². The maximum Gasteiger partial charge on any atom is 0.310 e. The molecule has 0 aliphatic heterocycles. The van der Waals surface area contributed by atoms with Crippen LogP contribution >= 0.6 is 0 Å². The first-order chi connectivity index (χ1) is 10.8. The van der Waals surface area contributed by atoms with E-state index in [4.69, 9.17) is 4.74 Å². The van der Waals surface area contributed by atoms with Crippen LogP contribution in [0, 0.1) is 0 Å². The molecule has 0 radical (unpaired) electrons. The van der Waals surface area contributed by atoms with Crippen molar-refractivity contribution >= 4 is 5.97 Å². The molecule has 0 bridgehead atoms. The van der Waals surface area contributed by atoms with Crippen molar-refractivity contribution < 1.29 is 9.53 Å². The highest BCUT2D eigenvalue weighted by Crippen LogP contribution is 2.35. The third kappa shape index (κ3) is 4.22. The SMILES string of the molecule is CCC(=O)Oc1ccc(C(C)(C)C)cc1[C@H](C)c1ccccc1. The lowest BCUT2D eigenvalue weighted by molar-refractivity contribution is -0.134. The molecule has 23 heavy (non-hydrogen) atoms. The van der Waals surface area contributed by atoms with Crippen LogP contribution in [0.5, 0.6) is 5.75 Å². The van der Waals surface area contributed by atoms with Gasteiger partial charge in [0.05, 0.1) is 0 Å². The van der Waals surface area contributed by atoms with Crippen LogP contribution in [-0.4, -0.2) is 5.97 Å². The fourth-order valence-electron chi connectivity index (χ4n) is 2.56. The zero-order valence-electron chi connectivity index (χ0n) is 14.7. The Morgan fingerprint density at radius 1 is 1.09 bits per heavy atom. The van der Waals surface area contributed by atoms with Gasteiger partial charge < -0.3 is 4.74 Å². The summed E-state index contributed by atoms with van der Waals surface area (Å²) >= 11 is 0. The van der Waals surface area contributed by atoms with Crippen LogP contribution in [-0.2, 0) is 10.2 Å². The van der Waals surface area contributed by atoms with Gasteiger partial charge in [-0.1, -0.05) is 77.1 Å². The molecule has 122 valence electrons. The van der Waals surface area contributed by atoms with Crippen molar-refractivity contribution in [2.45, 2.75) is 52.4 Å². The van der Waals surface area contributed by atoms with Crippen molar-refractivity contribution in [2.24, 2.45) is 0 Å². The zero-order valence-corrected chi connectivity index (χ0v) is 14.7. The molecular formula is C21H26O2. The minimum Gasteiger partial charge on any atom is -0.426 e. The number of hydrogen-bond donors (Lipinski definition) is 0. The van der Waals surface area contributed by atoms with Gasteiger partial charge in [0.15, 0.2) is 0 Å². The first kappa shape index (κ1) is 17.3. The van der Waals surface area contributed by atoms with Crippen molar-refractivity contribution in [3.63, 3.8) is 0 Å². The van der Waals surface area contributed by atoms with Crippen molar-refractivity contribution in [1.82, 2.24) is 0 Å². The van der Waals surface area contributed by atoms with Gasteiger partial charge in [0.25, 0.3) is 0 Å². The maximum atomic E-state index is 11.8. The second kappa shape index (κ2) is 6.99. The Hall–Kier alpha value is -2.09. The Labute approximate surface area is 139 Å². The minimum absolute atomic E-state index is 0.0540. The van der Waals surface area contributed by atoms with Gasteiger partial charge in [0.2, 0.25) is 0 Å². The summed E-state index contributed by atoms with van der Waals surface area (Å²) < 4.78 is 5.57. The van der Waals surface area contributed by atoms with E-state index in [-0.39, 0.29) is 17.3 Å². The third-order valence-electron chi connectivity index (χ3n) is 4.15. The molecule has 0 saturated carbocycles. The number of carbonyl (C=O) groups excluding carboxylic acids is 1. The molecule has 0 unspecified atom stereocenters. The van der Waals surface area contributed by atoms with Gasteiger partial charge in [0.1, 0.15) is 5.75 Å². The summed E-state index contributed by atoms with van der Waals surface area (Å²) in [6, 6.07) is 16.5. The molecule has 2 rings (SSSR count). The number of rotatable bonds is 4. The van der Waals surface area contributed by atoms with Crippen LogP contribution in [0.3, 0.4) is 0 Å². The highest BCUT2D eigenvalue weighted by atomic mass is 16.5. The molecule has 2 nitrogen and oxygen atoms in total. The number of hydrogen-bond acceptors (Lipinski definition) is 2. The lowest BCUT2D eigenvalue weighted by Crippen LogP contribution is -2.14. The van der Waals surface area contributed by atoms with Gasteiger partial charge in [-0.25, -0.2) is 0 Å². The Morgan fingerprint density at radius 2 is 1.74 bits per heavy atom. The van der Waals surface area contributed by atoms with Gasteiger partial charge >= 0.3 is 5.97 Å². The van der Waals surface area contributed by atoms with E-state index in [2.05, 4.69) is 52.0 Å². The first-order valence-electron chi connectivity index (χ1n) is 8.23. The molecule has 0 aliphatic carbocycles. The van der Waals surface area contributed by atoms with Crippen LogP contribution in [0.15, 0.2) is 48.5 Å². The van der Waals surface area contributed by atoms with E-state index >= 15 is 0 Å². The summed E-state index contributed by atoms with van der Waals surface area (Å²) in [6.45, 7) is 10.5. The van der Waals surface area contributed by atoms with Gasteiger partial charge in [-0.3, -0.25) is 4.79 Å². The predicted octanol–water partition coefficient (Wildman–Crippen LogP) is 5.45. The van der Waals surface area contributed by atoms with Crippen LogP contribution in [0.1, 0.15) is 63.6 Å². The Morgan fingerprint density at radius 3 is 2.30 bits per heavy atom. The minimum atomic E-state index is -0.199. The molecule has 0 spiro atoms. The van der Waals surface area contributed by atoms with Crippen LogP contribution in [0.2, 0.25) is 0 Å². The van der Waals surface area contributed by atoms with E-state index < -0.39 is 0 Å². The topological polar surface area (TPSA) is 26.3 Å². The van der Waals surface area contributed by atoms with Crippen molar-refractivity contribution in [3.05, 3.63) is 65.2 Å². The predicted molar refractivity (Wildman–Crippen MR) is 95.0 cm³/mol. The summed E-state index contributed by atoms with van der Waals surface area (Å²) in [7, 11) is 0. The fourth-order valence-corrected chi connectivity index (χ4v) is 2.56. The average molecular weight is 310 g/mol. The molecule has 0 fully saturated rings. The second-order valence-electron chi connectivity index (χ2n) is 6.96. The van der Waals surface area contributed by atoms with Crippen molar-refractivity contribution in [1.29, 1.82) is 0 Å². The molecular weight excluding hydrogens is 284 g/mol. The number of carbonyl (C=O) groups is 1. The average Bonchev–Trinajstić information content (AvgIpc) is 2.54. The van der Waals surface area contributed by atoms with E-state index in [9.17, 15) is 4.79 Å². The van der Waals surface area contributed by atoms with Gasteiger partial charge in [-0.05, 0) is 22.6 Å². The van der Waals surface area contributed by atoms with E-state index in [1.807, 2.05) is 31.2 Å². The molecule has 0 aromatic heterocycles. The number of ether oxygens (including phenoxy) is 1. The molecule has 2 heteroatoms. The van der Waals surface area contributed by atoms with E-state index in [1.54, 1.807) is 0 Å². The standard InChI is InChI=1S/C21H26O2/c1-6-20(22)23-19-13-12-17(21(3,4)5)14-18(19)15(2)16-10-8-7-9-11-16/h7-15H,6H2,1-5H3/t15-/m1/s1. The van der Waals surface area contributed by atoms with E-state index in [0.717, 1.165) is 5.56 Å². The highest BCUT2D eigenvalue weighted by Gasteiger charge is 2.20. The van der Waals surface area contributed by atoms with Gasteiger partial charge in [-0.2, -0.15) is 0 Å². The van der Waals surface area contributed by atoms with Gasteiger partial charge in [0, 0.05) is 17.9 Å². The van der Waals surface area contributed by atoms with Crippen molar-refractivity contribution in [2.75, 3.05) is 0 Å². The summed E-state index contributed by atoms with van der Waals surface area (Å²) in [5.41, 5.74) is 3.57. The van der Waals surface area contributed by atoms with Gasteiger partial charge in [-0.15, -0.1) is 0 Å². The third-order valence-corrected chi connectivity index (χ3v) is 4.15. The zero-order chi connectivity index (χ0) is 17.0. The monoisotopic (exact) mass is 310 g/mol. The molecule has 0 N–H and O–H groups in total. The number of benzene rings is 2. The smallest absolute Gasteiger partial charge is 0.310 e. The largest absolute Gasteiger partial charge is 0.426 e. The summed E-state index contributed by atoms with van der Waals surface area (Å²) in [6.07, 6.45) is 0.375. The Balaban J connectivity index is 2.49. The molecule has 0 aliphatic rings. The molecule has 0 amide bonds. The quantitative estimate of drug-likeness (QED) is 0.554. The summed E-state index contributed by atoms with van der Waals surface area (Å²) in [5, 5.41) is 0. The normalized spacial score (nSPS) is 12.7. The summed E-state index contributed by atoms with van der Waals surface area (Å²) in [5.74, 6) is 0.634. The Bertz CT molecular complexity index is 666. The Kier molecular flexibility index (Phi) is 5.25. The maximum absolute atomic E-state index is 11.8. The lowest BCUT2D eigenvalue weighted by Gasteiger charge is -2.23. The molecule has 2 aromatic rings. The number of esters is 1. The molecule has 2 aromatic carbocycles. The molecule has 0 heterocycles. The van der Waals surface area contributed by atoms with Crippen LogP contribution < -0.4 is 4.74 Å². The van der Waals surface area contributed by atoms with Crippen LogP contribution in [0.25, 0.3) is 0 Å². The second-order valence-corrected chi connectivity index (χ2v) is 6.96. The van der Waals surface area contributed by atoms with Crippen LogP contribution in [0.4, 0.5) is 0 Å². The summed E-state index contributed by atoms with van der Waals surface area (Å²) in [4.78, 5) is 11.8. The highest BCUT2D eigenvalue weighted by molar-refractivity contribution is 5.72. The molecule has 0 saturated heterocycles. The lowest BCUT2D eigenvalue weighted by atomic mass is 9.83. The van der Waals surface area contributed by atoms with E-state index in [0.29, 0.717) is 12.2 Å². The molecule has 1 atom stereocenters. The van der Waals surface area contributed by atoms with Crippen molar-refractivity contribution in [3.8, 4) is 5.75 Å². The first-order valence-corrected chi connectivity index (χ1v) is 8.23. The fraction of sp³-hybridized carbons (Fsp3) is 0.381.